The molecular formula is C13H14N2O. The second-order valence-electron chi connectivity index (χ2n) is 4.04. The summed E-state index contributed by atoms with van der Waals surface area (Å²) < 4.78 is 1.57. The minimum atomic E-state index is -0.0422. The Morgan fingerprint density at radius 3 is 2.50 bits per heavy atom. The van der Waals surface area contributed by atoms with Gasteiger partial charge in [-0.1, -0.05) is 6.07 Å². The summed E-state index contributed by atoms with van der Waals surface area (Å²) in [6.45, 7) is 5.89. The highest BCUT2D eigenvalue weighted by Crippen LogP contribution is 2.07. The minimum Gasteiger partial charge on any atom is -0.269 e. The molecule has 0 amide bonds. The van der Waals surface area contributed by atoms with Crippen LogP contribution in [0.2, 0.25) is 0 Å². The number of pyridine rings is 2. The van der Waals surface area contributed by atoms with Crippen LogP contribution in [0.5, 0.6) is 0 Å². The molecule has 0 aliphatic heterocycles. The topological polar surface area (TPSA) is 34.9 Å². The van der Waals surface area contributed by atoms with Crippen molar-refractivity contribution in [3.8, 4) is 5.82 Å². The lowest BCUT2D eigenvalue weighted by molar-refractivity contribution is 0.920. The Morgan fingerprint density at radius 2 is 1.88 bits per heavy atom. The van der Waals surface area contributed by atoms with Crippen molar-refractivity contribution in [2.45, 2.75) is 20.8 Å². The molecule has 2 aromatic heterocycles. The van der Waals surface area contributed by atoms with E-state index in [1.54, 1.807) is 16.8 Å². The molecule has 0 N–H and O–H groups in total. The molecule has 0 radical (unpaired) electrons. The standard InChI is InChI=1S/C13H14N2O/c1-9-4-5-12(14-7-9)15-8-11(3)10(2)6-13(15)16/h4-8H,1-3H3. The van der Waals surface area contributed by atoms with Gasteiger partial charge in [0.1, 0.15) is 5.82 Å². The molecule has 16 heavy (non-hydrogen) atoms. The normalized spacial score (nSPS) is 10.4. The lowest BCUT2D eigenvalue weighted by atomic mass is 10.2. The molecule has 3 nitrogen and oxygen atoms in total. The second-order valence-corrected chi connectivity index (χ2v) is 4.04. The summed E-state index contributed by atoms with van der Waals surface area (Å²) in [5.41, 5.74) is 3.13. The second kappa shape index (κ2) is 3.93. The van der Waals surface area contributed by atoms with E-state index in [0.717, 1.165) is 16.7 Å². The monoisotopic (exact) mass is 214 g/mol. The Kier molecular flexibility index (Phi) is 2.60. The third-order valence-corrected chi connectivity index (χ3v) is 2.66. The highest BCUT2D eigenvalue weighted by Gasteiger charge is 2.02. The van der Waals surface area contributed by atoms with Gasteiger partial charge in [0.2, 0.25) is 0 Å². The van der Waals surface area contributed by atoms with Crippen molar-refractivity contribution in [1.82, 2.24) is 9.55 Å². The maximum Gasteiger partial charge on any atom is 0.256 e. The molecule has 0 aliphatic rings. The van der Waals surface area contributed by atoms with Crippen LogP contribution in [0.4, 0.5) is 0 Å². The van der Waals surface area contributed by atoms with Gasteiger partial charge in [0.05, 0.1) is 0 Å². The number of aryl methyl sites for hydroxylation is 3. The molecule has 0 saturated heterocycles. The van der Waals surface area contributed by atoms with Crippen molar-refractivity contribution in [1.29, 1.82) is 0 Å². The van der Waals surface area contributed by atoms with Crippen molar-refractivity contribution in [3.05, 3.63) is 57.6 Å². The van der Waals surface area contributed by atoms with Crippen molar-refractivity contribution in [2.24, 2.45) is 0 Å². The summed E-state index contributed by atoms with van der Waals surface area (Å²) in [5, 5.41) is 0. The van der Waals surface area contributed by atoms with Crippen LogP contribution in [0.1, 0.15) is 16.7 Å². The lowest BCUT2D eigenvalue weighted by Crippen LogP contribution is -2.18. The van der Waals surface area contributed by atoms with Gasteiger partial charge in [-0.15, -0.1) is 0 Å². The quantitative estimate of drug-likeness (QED) is 0.729. The zero-order valence-electron chi connectivity index (χ0n) is 9.69. The largest absolute Gasteiger partial charge is 0.269 e. The summed E-state index contributed by atoms with van der Waals surface area (Å²) in [4.78, 5) is 16.0. The first-order valence-corrected chi connectivity index (χ1v) is 5.21. The highest BCUT2D eigenvalue weighted by molar-refractivity contribution is 5.29. The zero-order chi connectivity index (χ0) is 11.7. The van der Waals surface area contributed by atoms with E-state index < -0.39 is 0 Å². The molecule has 0 fully saturated rings. The van der Waals surface area contributed by atoms with Crippen LogP contribution in [0.25, 0.3) is 5.82 Å². The van der Waals surface area contributed by atoms with Crippen LogP contribution in [0, 0.1) is 20.8 Å². The van der Waals surface area contributed by atoms with Crippen LogP contribution in [0.3, 0.4) is 0 Å². The van der Waals surface area contributed by atoms with Crippen LogP contribution < -0.4 is 5.56 Å². The lowest BCUT2D eigenvalue weighted by Gasteiger charge is -2.07. The summed E-state index contributed by atoms with van der Waals surface area (Å²) in [7, 11) is 0. The predicted molar refractivity (Wildman–Crippen MR) is 64.0 cm³/mol. The van der Waals surface area contributed by atoms with Crippen molar-refractivity contribution in [3.63, 3.8) is 0 Å². The predicted octanol–water partition coefficient (Wildman–Crippen LogP) is 2.16. The first kappa shape index (κ1) is 10.6. The Balaban J connectivity index is 2.60. The highest BCUT2D eigenvalue weighted by atomic mass is 16.1. The Labute approximate surface area is 94.4 Å². The first-order chi connectivity index (χ1) is 7.58. The molecule has 0 aromatic carbocycles. The molecule has 0 aliphatic carbocycles. The van der Waals surface area contributed by atoms with E-state index in [1.807, 2.05) is 39.1 Å². The number of aromatic nitrogens is 2. The first-order valence-electron chi connectivity index (χ1n) is 5.21. The van der Waals surface area contributed by atoms with Crippen molar-refractivity contribution < 1.29 is 0 Å². The van der Waals surface area contributed by atoms with E-state index in [1.165, 1.54) is 0 Å². The average molecular weight is 214 g/mol. The van der Waals surface area contributed by atoms with Gasteiger partial charge < -0.3 is 0 Å². The van der Waals surface area contributed by atoms with E-state index in [-0.39, 0.29) is 5.56 Å². The fourth-order valence-corrected chi connectivity index (χ4v) is 1.51. The Hall–Kier alpha value is -1.90. The summed E-state index contributed by atoms with van der Waals surface area (Å²) in [5.74, 6) is 0.665. The van der Waals surface area contributed by atoms with Crippen LogP contribution >= 0.6 is 0 Å². The smallest absolute Gasteiger partial charge is 0.256 e. The summed E-state index contributed by atoms with van der Waals surface area (Å²) in [6, 6.07) is 5.44. The number of nitrogens with zero attached hydrogens (tertiary/aromatic N) is 2. The fourth-order valence-electron chi connectivity index (χ4n) is 1.51. The van der Waals surface area contributed by atoms with Gasteiger partial charge in [-0.2, -0.15) is 0 Å². The Bertz CT molecular complexity index is 567. The van der Waals surface area contributed by atoms with Gasteiger partial charge in [0.25, 0.3) is 5.56 Å². The molecule has 2 heterocycles. The van der Waals surface area contributed by atoms with Crippen LogP contribution in [-0.4, -0.2) is 9.55 Å². The fraction of sp³-hybridized carbons (Fsp3) is 0.231. The van der Waals surface area contributed by atoms with Gasteiger partial charge in [-0.25, -0.2) is 4.98 Å². The molecular weight excluding hydrogens is 200 g/mol. The maximum absolute atomic E-state index is 11.8. The molecule has 0 spiro atoms. The van der Waals surface area contributed by atoms with Crippen LogP contribution in [0.15, 0.2) is 35.4 Å². The molecule has 0 saturated carbocycles. The molecule has 0 atom stereocenters. The maximum atomic E-state index is 11.8. The van der Waals surface area contributed by atoms with E-state index in [9.17, 15) is 4.79 Å². The van der Waals surface area contributed by atoms with Gasteiger partial charge in [0.15, 0.2) is 0 Å². The number of hydrogen-bond acceptors (Lipinski definition) is 2. The number of hydrogen-bond donors (Lipinski definition) is 0. The summed E-state index contributed by atoms with van der Waals surface area (Å²) in [6.07, 6.45) is 3.59. The van der Waals surface area contributed by atoms with Gasteiger partial charge in [-0.05, 0) is 43.5 Å². The summed E-state index contributed by atoms with van der Waals surface area (Å²) >= 11 is 0. The molecule has 3 heteroatoms. The average Bonchev–Trinajstić information content (AvgIpc) is 2.25. The molecule has 2 aromatic rings. The van der Waals surface area contributed by atoms with E-state index in [4.69, 9.17) is 0 Å². The molecule has 0 unspecified atom stereocenters. The zero-order valence-corrected chi connectivity index (χ0v) is 9.69. The third kappa shape index (κ3) is 1.89. The number of rotatable bonds is 1. The van der Waals surface area contributed by atoms with Gasteiger partial charge >= 0.3 is 0 Å². The molecule has 82 valence electrons. The van der Waals surface area contributed by atoms with Crippen LogP contribution in [-0.2, 0) is 0 Å². The van der Waals surface area contributed by atoms with Gasteiger partial charge in [-0.3, -0.25) is 9.36 Å². The van der Waals surface area contributed by atoms with Gasteiger partial charge in [0, 0.05) is 18.5 Å². The van der Waals surface area contributed by atoms with E-state index in [0.29, 0.717) is 5.82 Å². The Morgan fingerprint density at radius 1 is 1.12 bits per heavy atom. The van der Waals surface area contributed by atoms with E-state index >= 15 is 0 Å². The van der Waals surface area contributed by atoms with Crippen molar-refractivity contribution >= 4 is 0 Å². The third-order valence-electron chi connectivity index (χ3n) is 2.66. The minimum absolute atomic E-state index is 0.0422. The van der Waals surface area contributed by atoms with Crippen molar-refractivity contribution in [2.75, 3.05) is 0 Å². The molecule has 2 rings (SSSR count). The van der Waals surface area contributed by atoms with E-state index in [2.05, 4.69) is 4.98 Å². The SMILES string of the molecule is Cc1ccc(-n2cc(C)c(C)cc2=O)nc1. The molecule has 0 bridgehead atoms.